The molecule has 4 aliphatic rings. The summed E-state index contributed by atoms with van der Waals surface area (Å²) < 4.78 is 0. The molecule has 0 aromatic carbocycles. The molecule has 3 unspecified atom stereocenters. The van der Waals surface area contributed by atoms with Crippen molar-refractivity contribution in [1.29, 1.82) is 0 Å². The SMILES string of the molecule is CC(C)N(C(=O)[C@H]1CCC2C3CCC4=C/C(=C/C(=O)O)CC[C@]4(C)C3CC[C@@]21C)C(C)C. The van der Waals surface area contributed by atoms with Gasteiger partial charge in [-0.25, -0.2) is 4.79 Å². The Balaban J connectivity index is 1.58. The van der Waals surface area contributed by atoms with E-state index in [1.54, 1.807) is 0 Å². The summed E-state index contributed by atoms with van der Waals surface area (Å²) in [5, 5.41) is 9.19. The number of amides is 1. The molecule has 4 rings (SSSR count). The molecule has 3 fully saturated rings. The van der Waals surface area contributed by atoms with Gasteiger partial charge < -0.3 is 10.0 Å². The zero-order chi connectivity index (χ0) is 23.4. The number of fused-ring (bicyclic) bond motifs is 5. The van der Waals surface area contributed by atoms with E-state index in [-0.39, 0.29) is 28.8 Å². The molecule has 3 saturated carbocycles. The number of carboxylic acids is 1. The lowest BCUT2D eigenvalue weighted by molar-refractivity contribution is -0.146. The highest BCUT2D eigenvalue weighted by Crippen LogP contribution is 2.67. The van der Waals surface area contributed by atoms with Crippen molar-refractivity contribution < 1.29 is 14.7 Å². The molecule has 0 radical (unpaired) electrons. The summed E-state index contributed by atoms with van der Waals surface area (Å²) in [4.78, 5) is 27.0. The number of carboxylic acid groups (broad SMARTS) is 1. The van der Waals surface area contributed by atoms with Crippen LogP contribution in [0.3, 0.4) is 0 Å². The molecule has 4 nitrogen and oxygen atoms in total. The monoisotopic (exact) mass is 441 g/mol. The van der Waals surface area contributed by atoms with Gasteiger partial charge in [0.1, 0.15) is 0 Å². The van der Waals surface area contributed by atoms with Crippen LogP contribution in [0.15, 0.2) is 23.3 Å². The van der Waals surface area contributed by atoms with Crippen LogP contribution in [0, 0.1) is 34.5 Å². The average molecular weight is 442 g/mol. The van der Waals surface area contributed by atoms with E-state index in [1.807, 2.05) is 0 Å². The standard InChI is InChI=1S/C28H43NO3/c1-17(2)29(18(3)4)26(32)24-10-9-22-21-8-7-20-15-19(16-25(30)31)11-13-27(20,5)23(21)12-14-28(22,24)6/h15-18,21-24H,7-14H2,1-6H3,(H,30,31)/b19-16+/t21?,22?,23?,24-,27+,28+/m1/s1. The first kappa shape index (κ1) is 23.6. The number of aliphatic carboxylic acids is 1. The highest BCUT2D eigenvalue weighted by molar-refractivity contribution is 5.81. The Kier molecular flexibility index (Phi) is 6.13. The number of nitrogens with zero attached hydrogens (tertiary/aromatic N) is 1. The molecule has 0 bridgehead atoms. The molecule has 1 N–H and O–H groups in total. The van der Waals surface area contributed by atoms with Gasteiger partial charge in [0.05, 0.1) is 0 Å². The fraction of sp³-hybridized carbons (Fsp3) is 0.786. The Morgan fingerprint density at radius 2 is 1.69 bits per heavy atom. The second-order valence-corrected chi connectivity index (χ2v) is 12.2. The van der Waals surface area contributed by atoms with Crippen molar-refractivity contribution in [2.24, 2.45) is 34.5 Å². The lowest BCUT2D eigenvalue weighted by Gasteiger charge is -2.58. The number of carbonyl (C=O) groups excluding carboxylic acids is 1. The Hall–Kier alpha value is -1.58. The van der Waals surface area contributed by atoms with E-state index in [0.717, 1.165) is 37.7 Å². The fourth-order valence-corrected chi connectivity index (χ4v) is 8.57. The van der Waals surface area contributed by atoms with E-state index in [2.05, 4.69) is 52.5 Å². The van der Waals surface area contributed by atoms with Gasteiger partial charge in [-0.05, 0) is 113 Å². The Labute approximate surface area is 194 Å². The van der Waals surface area contributed by atoms with E-state index < -0.39 is 5.97 Å². The van der Waals surface area contributed by atoms with Crippen molar-refractivity contribution in [2.75, 3.05) is 0 Å². The highest BCUT2D eigenvalue weighted by atomic mass is 16.4. The van der Waals surface area contributed by atoms with Crippen LogP contribution in [0.5, 0.6) is 0 Å². The maximum Gasteiger partial charge on any atom is 0.328 e. The highest BCUT2D eigenvalue weighted by Gasteiger charge is 2.60. The molecule has 0 heterocycles. The van der Waals surface area contributed by atoms with E-state index >= 15 is 0 Å². The summed E-state index contributed by atoms with van der Waals surface area (Å²) >= 11 is 0. The summed E-state index contributed by atoms with van der Waals surface area (Å²) in [5.74, 6) is 1.74. The summed E-state index contributed by atoms with van der Waals surface area (Å²) in [6, 6.07) is 0.496. The van der Waals surface area contributed by atoms with Gasteiger partial charge in [0.15, 0.2) is 0 Å². The predicted molar refractivity (Wildman–Crippen MR) is 128 cm³/mol. The summed E-state index contributed by atoms with van der Waals surface area (Å²) in [5.41, 5.74) is 2.79. The zero-order valence-corrected chi connectivity index (χ0v) is 21.0. The van der Waals surface area contributed by atoms with E-state index in [9.17, 15) is 14.7 Å². The molecule has 0 saturated heterocycles. The Bertz CT molecular complexity index is 832. The molecule has 6 atom stereocenters. The lowest BCUT2D eigenvalue weighted by Crippen LogP contribution is -2.53. The van der Waals surface area contributed by atoms with Gasteiger partial charge in [0, 0.05) is 24.1 Å². The molecule has 4 heteroatoms. The molecule has 178 valence electrons. The largest absolute Gasteiger partial charge is 0.478 e. The van der Waals surface area contributed by atoms with Crippen LogP contribution < -0.4 is 0 Å². The molecular formula is C28H43NO3. The number of allylic oxidation sites excluding steroid dienone is 3. The molecule has 32 heavy (non-hydrogen) atoms. The molecule has 1 amide bonds. The number of hydrogen-bond donors (Lipinski definition) is 1. The van der Waals surface area contributed by atoms with Crippen LogP contribution in [-0.4, -0.2) is 34.0 Å². The summed E-state index contributed by atoms with van der Waals surface area (Å²) in [7, 11) is 0. The van der Waals surface area contributed by atoms with Crippen molar-refractivity contribution in [2.45, 2.75) is 105 Å². The Morgan fingerprint density at radius 3 is 2.31 bits per heavy atom. The van der Waals surface area contributed by atoms with Crippen molar-refractivity contribution in [3.8, 4) is 0 Å². The minimum Gasteiger partial charge on any atom is -0.478 e. The van der Waals surface area contributed by atoms with Crippen LogP contribution in [-0.2, 0) is 9.59 Å². The fourth-order valence-electron chi connectivity index (χ4n) is 8.57. The Morgan fingerprint density at radius 1 is 1.00 bits per heavy atom. The third-order valence-corrected chi connectivity index (χ3v) is 10.0. The van der Waals surface area contributed by atoms with Gasteiger partial charge in [0.25, 0.3) is 0 Å². The van der Waals surface area contributed by atoms with Gasteiger partial charge >= 0.3 is 5.97 Å². The first-order chi connectivity index (χ1) is 15.0. The second kappa shape index (κ2) is 8.33. The van der Waals surface area contributed by atoms with Crippen molar-refractivity contribution in [3.05, 3.63) is 23.3 Å². The van der Waals surface area contributed by atoms with E-state index in [1.165, 1.54) is 30.9 Å². The minimum atomic E-state index is -0.832. The smallest absolute Gasteiger partial charge is 0.328 e. The first-order valence-corrected chi connectivity index (χ1v) is 13.0. The summed E-state index contributed by atoms with van der Waals surface area (Å²) in [6.45, 7) is 13.5. The molecule has 0 aliphatic heterocycles. The van der Waals surface area contributed by atoms with Crippen molar-refractivity contribution >= 4 is 11.9 Å². The maximum absolute atomic E-state index is 13.7. The summed E-state index contributed by atoms with van der Waals surface area (Å²) in [6.07, 6.45) is 12.4. The van der Waals surface area contributed by atoms with Gasteiger partial charge in [-0.1, -0.05) is 25.5 Å². The van der Waals surface area contributed by atoms with Crippen LogP contribution in [0.25, 0.3) is 0 Å². The van der Waals surface area contributed by atoms with Gasteiger partial charge in [-0.15, -0.1) is 0 Å². The number of hydrogen-bond acceptors (Lipinski definition) is 2. The normalized spacial score (nSPS) is 40.0. The van der Waals surface area contributed by atoms with Crippen molar-refractivity contribution in [1.82, 2.24) is 4.90 Å². The number of rotatable bonds is 4. The van der Waals surface area contributed by atoms with Crippen LogP contribution in [0.1, 0.15) is 92.9 Å². The van der Waals surface area contributed by atoms with Crippen LogP contribution in [0.2, 0.25) is 0 Å². The second-order valence-electron chi connectivity index (χ2n) is 12.2. The quantitative estimate of drug-likeness (QED) is 0.527. The van der Waals surface area contributed by atoms with Gasteiger partial charge in [0.2, 0.25) is 5.91 Å². The first-order valence-electron chi connectivity index (χ1n) is 13.0. The topological polar surface area (TPSA) is 57.6 Å². The molecule has 0 spiro atoms. The minimum absolute atomic E-state index is 0.126. The molecule has 4 aliphatic carbocycles. The third kappa shape index (κ3) is 3.66. The van der Waals surface area contributed by atoms with Gasteiger partial charge in [-0.3, -0.25) is 4.79 Å². The van der Waals surface area contributed by atoms with Gasteiger partial charge in [-0.2, -0.15) is 0 Å². The third-order valence-electron chi connectivity index (χ3n) is 10.0. The van der Waals surface area contributed by atoms with Crippen LogP contribution >= 0.6 is 0 Å². The zero-order valence-electron chi connectivity index (χ0n) is 21.0. The average Bonchev–Trinajstić information content (AvgIpc) is 3.04. The predicted octanol–water partition coefficient (Wildman–Crippen LogP) is 6.22. The molecule has 0 aromatic heterocycles. The maximum atomic E-state index is 13.7. The molecule has 0 aromatic rings. The van der Waals surface area contributed by atoms with E-state index in [0.29, 0.717) is 23.7 Å². The van der Waals surface area contributed by atoms with E-state index in [4.69, 9.17) is 0 Å². The number of carbonyl (C=O) groups is 2. The molecular weight excluding hydrogens is 398 g/mol. The van der Waals surface area contributed by atoms with Crippen molar-refractivity contribution in [3.63, 3.8) is 0 Å². The lowest BCUT2D eigenvalue weighted by atomic mass is 9.46. The van der Waals surface area contributed by atoms with Crippen LogP contribution in [0.4, 0.5) is 0 Å².